The molecule has 0 heterocycles. The first-order valence-electron chi connectivity index (χ1n) is 7.47. The van der Waals surface area contributed by atoms with E-state index in [1.807, 2.05) is 19.1 Å². The minimum Gasteiger partial charge on any atom is -0.493 e. The number of benzene rings is 1. The molecule has 0 saturated carbocycles. The van der Waals surface area contributed by atoms with Gasteiger partial charge >= 0.3 is 0 Å². The Balaban J connectivity index is 2.21. The second kappa shape index (κ2) is 9.60. The summed E-state index contributed by atoms with van der Waals surface area (Å²) in [7, 11) is 0. The third kappa shape index (κ3) is 5.91. The molecule has 0 N–H and O–H groups in total. The smallest absolute Gasteiger partial charge is 0.153 e. The number of aldehydes is 1. The van der Waals surface area contributed by atoms with Crippen molar-refractivity contribution in [3.8, 4) is 5.75 Å². The van der Waals surface area contributed by atoms with Crippen molar-refractivity contribution < 1.29 is 9.53 Å². The predicted octanol–water partition coefficient (Wildman–Crippen LogP) is 4.94. The first-order chi connectivity index (χ1) is 9.29. The Labute approximate surface area is 117 Å². The molecule has 19 heavy (non-hydrogen) atoms. The van der Waals surface area contributed by atoms with Gasteiger partial charge in [0.05, 0.1) is 12.2 Å². The van der Waals surface area contributed by atoms with Gasteiger partial charge in [-0.25, -0.2) is 0 Å². The van der Waals surface area contributed by atoms with E-state index in [1.165, 1.54) is 38.5 Å². The van der Waals surface area contributed by atoms with Crippen LogP contribution in [-0.2, 0) is 0 Å². The van der Waals surface area contributed by atoms with Gasteiger partial charge in [0.15, 0.2) is 6.29 Å². The van der Waals surface area contributed by atoms with Gasteiger partial charge in [-0.2, -0.15) is 0 Å². The molecule has 1 rings (SSSR count). The van der Waals surface area contributed by atoms with Crippen LogP contribution in [0.1, 0.15) is 67.8 Å². The molecule has 0 amide bonds. The molecular formula is C17H26O2. The highest BCUT2D eigenvalue weighted by Gasteiger charge is 2.05. The Morgan fingerprint density at radius 1 is 1.05 bits per heavy atom. The molecule has 1 aromatic rings. The Morgan fingerprint density at radius 2 is 1.74 bits per heavy atom. The molecule has 106 valence electrons. The highest BCUT2D eigenvalue weighted by molar-refractivity contribution is 5.80. The summed E-state index contributed by atoms with van der Waals surface area (Å²) in [5.74, 6) is 0.753. The quantitative estimate of drug-likeness (QED) is 0.441. The zero-order chi connectivity index (χ0) is 13.9. The summed E-state index contributed by atoms with van der Waals surface area (Å²) in [6.45, 7) is 4.92. The normalized spacial score (nSPS) is 10.4. The SMILES string of the molecule is CCCCCCCCCOc1c(C)cccc1C=O. The van der Waals surface area contributed by atoms with E-state index in [-0.39, 0.29) is 0 Å². The summed E-state index contributed by atoms with van der Waals surface area (Å²) in [4.78, 5) is 10.9. The van der Waals surface area contributed by atoms with Gasteiger partial charge in [-0.05, 0) is 25.0 Å². The lowest BCUT2D eigenvalue weighted by Gasteiger charge is -2.11. The number of carbonyl (C=O) groups is 1. The molecule has 0 aliphatic heterocycles. The van der Waals surface area contributed by atoms with Crippen molar-refractivity contribution in [1.82, 2.24) is 0 Å². The molecule has 2 nitrogen and oxygen atoms in total. The summed E-state index contributed by atoms with van der Waals surface area (Å²) in [5, 5.41) is 0. The van der Waals surface area contributed by atoms with E-state index < -0.39 is 0 Å². The summed E-state index contributed by atoms with van der Waals surface area (Å²) in [6, 6.07) is 5.67. The summed E-state index contributed by atoms with van der Waals surface area (Å²) >= 11 is 0. The van der Waals surface area contributed by atoms with E-state index in [9.17, 15) is 4.79 Å². The van der Waals surface area contributed by atoms with E-state index in [4.69, 9.17) is 4.74 Å². The zero-order valence-corrected chi connectivity index (χ0v) is 12.3. The second-order valence-corrected chi connectivity index (χ2v) is 5.08. The van der Waals surface area contributed by atoms with Crippen LogP contribution in [0.3, 0.4) is 0 Å². The molecule has 0 aliphatic rings. The topological polar surface area (TPSA) is 26.3 Å². The molecule has 0 unspecified atom stereocenters. The average molecular weight is 262 g/mol. The van der Waals surface area contributed by atoms with Crippen LogP contribution in [0.15, 0.2) is 18.2 Å². The van der Waals surface area contributed by atoms with E-state index in [0.29, 0.717) is 12.2 Å². The predicted molar refractivity (Wildman–Crippen MR) is 80.1 cm³/mol. The summed E-state index contributed by atoms with van der Waals surface area (Å²) in [5.41, 5.74) is 1.69. The lowest BCUT2D eigenvalue weighted by Crippen LogP contribution is -2.01. The minimum absolute atomic E-state index is 0.656. The van der Waals surface area contributed by atoms with Gasteiger partial charge in [-0.3, -0.25) is 4.79 Å². The lowest BCUT2D eigenvalue weighted by molar-refractivity contribution is 0.111. The van der Waals surface area contributed by atoms with Crippen molar-refractivity contribution in [2.45, 2.75) is 58.8 Å². The summed E-state index contributed by atoms with van der Waals surface area (Å²) < 4.78 is 5.76. The van der Waals surface area contributed by atoms with Crippen LogP contribution in [0.5, 0.6) is 5.75 Å². The number of rotatable bonds is 10. The minimum atomic E-state index is 0.656. The van der Waals surface area contributed by atoms with Gasteiger partial charge in [-0.15, -0.1) is 0 Å². The maximum absolute atomic E-state index is 10.9. The van der Waals surface area contributed by atoms with E-state index in [0.717, 1.165) is 24.0 Å². The number of para-hydroxylation sites is 1. The average Bonchev–Trinajstić information content (AvgIpc) is 2.43. The third-order valence-corrected chi connectivity index (χ3v) is 3.36. The van der Waals surface area contributed by atoms with Crippen LogP contribution in [0.25, 0.3) is 0 Å². The highest BCUT2D eigenvalue weighted by atomic mass is 16.5. The van der Waals surface area contributed by atoms with E-state index in [1.54, 1.807) is 6.07 Å². The molecule has 0 bridgehead atoms. The van der Waals surface area contributed by atoms with E-state index >= 15 is 0 Å². The maximum Gasteiger partial charge on any atom is 0.153 e. The van der Waals surface area contributed by atoms with Crippen LogP contribution in [-0.4, -0.2) is 12.9 Å². The molecular weight excluding hydrogens is 236 g/mol. The standard InChI is InChI=1S/C17H26O2/c1-3-4-5-6-7-8-9-13-19-17-15(2)11-10-12-16(17)14-18/h10-12,14H,3-9,13H2,1-2H3. The number of hydrogen-bond acceptors (Lipinski definition) is 2. The van der Waals surface area contributed by atoms with Crippen molar-refractivity contribution in [1.29, 1.82) is 0 Å². The number of hydrogen-bond donors (Lipinski definition) is 0. The van der Waals surface area contributed by atoms with Crippen molar-refractivity contribution in [2.75, 3.05) is 6.61 Å². The first kappa shape index (κ1) is 15.7. The summed E-state index contributed by atoms with van der Waals surface area (Å²) in [6.07, 6.45) is 9.77. The van der Waals surface area contributed by atoms with Gasteiger partial charge in [0.1, 0.15) is 5.75 Å². The van der Waals surface area contributed by atoms with Crippen LogP contribution in [0, 0.1) is 6.92 Å². The fraction of sp³-hybridized carbons (Fsp3) is 0.588. The van der Waals surface area contributed by atoms with Gasteiger partial charge < -0.3 is 4.74 Å². The largest absolute Gasteiger partial charge is 0.493 e. The Kier molecular flexibility index (Phi) is 7.95. The molecule has 0 radical (unpaired) electrons. The highest BCUT2D eigenvalue weighted by Crippen LogP contribution is 2.22. The van der Waals surface area contributed by atoms with Crippen molar-refractivity contribution in [2.24, 2.45) is 0 Å². The van der Waals surface area contributed by atoms with Crippen LogP contribution < -0.4 is 4.74 Å². The molecule has 0 saturated heterocycles. The molecule has 0 aromatic heterocycles. The molecule has 0 spiro atoms. The van der Waals surface area contributed by atoms with Gasteiger partial charge in [-0.1, -0.05) is 57.6 Å². The lowest BCUT2D eigenvalue weighted by atomic mass is 10.1. The number of ether oxygens (including phenoxy) is 1. The van der Waals surface area contributed by atoms with Crippen molar-refractivity contribution in [3.63, 3.8) is 0 Å². The van der Waals surface area contributed by atoms with Crippen LogP contribution in [0.4, 0.5) is 0 Å². The third-order valence-electron chi connectivity index (χ3n) is 3.36. The van der Waals surface area contributed by atoms with Crippen molar-refractivity contribution in [3.05, 3.63) is 29.3 Å². The Morgan fingerprint density at radius 3 is 2.42 bits per heavy atom. The molecule has 1 aromatic carbocycles. The first-order valence-corrected chi connectivity index (χ1v) is 7.47. The van der Waals surface area contributed by atoms with Gasteiger partial charge in [0.2, 0.25) is 0 Å². The van der Waals surface area contributed by atoms with Crippen LogP contribution >= 0.6 is 0 Å². The Hall–Kier alpha value is -1.31. The van der Waals surface area contributed by atoms with Crippen molar-refractivity contribution >= 4 is 6.29 Å². The Bertz CT molecular complexity index is 372. The molecule has 0 fully saturated rings. The van der Waals surface area contributed by atoms with Gasteiger partial charge in [0.25, 0.3) is 0 Å². The number of unbranched alkanes of at least 4 members (excludes halogenated alkanes) is 6. The fourth-order valence-corrected chi connectivity index (χ4v) is 2.20. The zero-order valence-electron chi connectivity index (χ0n) is 12.3. The second-order valence-electron chi connectivity index (χ2n) is 5.08. The molecule has 0 aliphatic carbocycles. The number of aryl methyl sites for hydroxylation is 1. The van der Waals surface area contributed by atoms with Crippen LogP contribution in [0.2, 0.25) is 0 Å². The molecule has 2 heteroatoms. The monoisotopic (exact) mass is 262 g/mol. The van der Waals surface area contributed by atoms with E-state index in [2.05, 4.69) is 6.92 Å². The fourth-order valence-electron chi connectivity index (χ4n) is 2.20. The maximum atomic E-state index is 10.9. The molecule has 0 atom stereocenters. The van der Waals surface area contributed by atoms with Gasteiger partial charge in [0, 0.05) is 0 Å². The number of carbonyl (C=O) groups excluding carboxylic acids is 1.